The van der Waals surface area contributed by atoms with Crippen molar-refractivity contribution in [3.05, 3.63) is 22.5 Å². The molecule has 7 heteroatoms. The number of carbonyl (C=O) groups is 1. The van der Waals surface area contributed by atoms with Crippen LogP contribution in [0.4, 0.5) is 5.69 Å². The van der Waals surface area contributed by atoms with E-state index < -0.39 is 16.3 Å². The predicted octanol–water partition coefficient (Wildman–Crippen LogP) is 2.17. The lowest BCUT2D eigenvalue weighted by atomic mass is 9.47. The van der Waals surface area contributed by atoms with E-state index in [0.717, 1.165) is 32.1 Å². The highest BCUT2D eigenvalue weighted by atomic mass is 16.6. The Bertz CT molecular complexity index is 624. The number of rotatable bonds is 3. The van der Waals surface area contributed by atoms with Crippen LogP contribution in [-0.2, 0) is 10.3 Å². The molecule has 112 valence electrons. The maximum Gasteiger partial charge on any atom is 0.309 e. The molecule has 4 aliphatic carbocycles. The highest BCUT2D eigenvalue weighted by Crippen LogP contribution is 2.64. The molecule has 0 amide bonds. The van der Waals surface area contributed by atoms with Gasteiger partial charge in [0.25, 0.3) is 0 Å². The van der Waals surface area contributed by atoms with E-state index in [-0.39, 0.29) is 11.2 Å². The van der Waals surface area contributed by atoms with Crippen LogP contribution in [0, 0.1) is 27.4 Å². The largest absolute Gasteiger partial charge is 0.481 e. The monoisotopic (exact) mass is 291 g/mol. The summed E-state index contributed by atoms with van der Waals surface area (Å²) in [5.74, 6) is 0.110. The van der Waals surface area contributed by atoms with Gasteiger partial charge in [0.2, 0.25) is 0 Å². The van der Waals surface area contributed by atoms with Gasteiger partial charge in [0.05, 0.1) is 15.9 Å². The Hall–Kier alpha value is -1.92. The van der Waals surface area contributed by atoms with Crippen LogP contribution in [0.1, 0.15) is 38.5 Å². The summed E-state index contributed by atoms with van der Waals surface area (Å²) in [5, 5.41) is 24.8. The standard InChI is InChI=1S/C14H17N3O4/c18-12(19)13-2-9-1-10(3-13)5-14(4-9,8-13)16-7-11(6-15-16)17(20)21/h6-7,9-10H,1-5,8H2,(H,18,19)/t9-,10-,13?,14?/m1/s1. The first-order chi connectivity index (χ1) is 9.92. The molecule has 4 fully saturated rings. The van der Waals surface area contributed by atoms with E-state index in [1.807, 2.05) is 0 Å². The molecule has 21 heavy (non-hydrogen) atoms. The molecule has 5 rings (SSSR count). The van der Waals surface area contributed by atoms with Crippen molar-refractivity contribution in [1.29, 1.82) is 0 Å². The highest BCUT2D eigenvalue weighted by Gasteiger charge is 2.62. The topological polar surface area (TPSA) is 98.3 Å². The van der Waals surface area contributed by atoms with Crippen molar-refractivity contribution >= 4 is 11.7 Å². The van der Waals surface area contributed by atoms with Crippen molar-refractivity contribution in [2.45, 2.75) is 44.1 Å². The van der Waals surface area contributed by atoms with Crippen LogP contribution >= 0.6 is 0 Å². The fourth-order valence-electron chi connectivity index (χ4n) is 5.40. The van der Waals surface area contributed by atoms with E-state index in [4.69, 9.17) is 0 Å². The van der Waals surface area contributed by atoms with Gasteiger partial charge in [-0.15, -0.1) is 0 Å². The van der Waals surface area contributed by atoms with Gasteiger partial charge in [-0.1, -0.05) is 0 Å². The quantitative estimate of drug-likeness (QED) is 0.679. The minimum Gasteiger partial charge on any atom is -0.481 e. The molecular weight excluding hydrogens is 274 g/mol. The van der Waals surface area contributed by atoms with Crippen LogP contribution in [0.2, 0.25) is 0 Å². The maximum absolute atomic E-state index is 11.8. The highest BCUT2D eigenvalue weighted by molar-refractivity contribution is 5.75. The number of aromatic nitrogens is 2. The van der Waals surface area contributed by atoms with Gasteiger partial charge in [0.15, 0.2) is 0 Å². The van der Waals surface area contributed by atoms with Crippen LogP contribution < -0.4 is 0 Å². The normalized spacial score (nSPS) is 40.4. The third-order valence-electron chi connectivity index (χ3n) is 5.75. The maximum atomic E-state index is 11.8. The van der Waals surface area contributed by atoms with Crippen molar-refractivity contribution in [3.63, 3.8) is 0 Å². The average Bonchev–Trinajstić information content (AvgIpc) is 2.87. The van der Waals surface area contributed by atoms with Crippen molar-refractivity contribution in [1.82, 2.24) is 9.78 Å². The van der Waals surface area contributed by atoms with Gasteiger partial charge in [-0.3, -0.25) is 19.6 Å². The zero-order valence-corrected chi connectivity index (χ0v) is 11.6. The van der Waals surface area contributed by atoms with Crippen LogP contribution in [0.15, 0.2) is 12.4 Å². The SMILES string of the molecule is O=C(O)C12C[C@H]3C[C@H](C1)CC(n1cc([N+](=O)[O-])cn1)(C3)C2. The predicted molar refractivity (Wildman–Crippen MR) is 71.6 cm³/mol. The molecular formula is C14H17N3O4. The van der Waals surface area contributed by atoms with Gasteiger partial charge in [-0.05, 0) is 50.4 Å². The Morgan fingerprint density at radius 3 is 2.57 bits per heavy atom. The summed E-state index contributed by atoms with van der Waals surface area (Å²) in [5.41, 5.74) is -1.00. The summed E-state index contributed by atoms with van der Waals surface area (Å²) in [6.45, 7) is 0. The molecule has 0 spiro atoms. The Balaban J connectivity index is 1.76. The van der Waals surface area contributed by atoms with Crippen molar-refractivity contribution in [2.24, 2.45) is 17.3 Å². The molecule has 0 unspecified atom stereocenters. The van der Waals surface area contributed by atoms with E-state index >= 15 is 0 Å². The summed E-state index contributed by atoms with van der Waals surface area (Å²) in [6.07, 6.45) is 7.71. The van der Waals surface area contributed by atoms with E-state index in [1.54, 1.807) is 4.68 Å². The fraction of sp³-hybridized carbons (Fsp3) is 0.714. The van der Waals surface area contributed by atoms with Crippen LogP contribution in [0.5, 0.6) is 0 Å². The molecule has 1 aromatic heterocycles. The lowest BCUT2D eigenvalue weighted by Crippen LogP contribution is -2.59. The van der Waals surface area contributed by atoms with E-state index in [0.29, 0.717) is 18.3 Å². The lowest BCUT2D eigenvalue weighted by molar-refractivity contribution is -0.385. The Labute approximate surface area is 121 Å². The average molecular weight is 291 g/mol. The molecule has 0 aromatic carbocycles. The first-order valence-corrected chi connectivity index (χ1v) is 7.35. The summed E-state index contributed by atoms with van der Waals surface area (Å²) in [4.78, 5) is 22.2. The van der Waals surface area contributed by atoms with Gasteiger partial charge in [0, 0.05) is 0 Å². The number of hydrogen-bond acceptors (Lipinski definition) is 4. The second-order valence-corrected chi connectivity index (χ2v) is 7.17. The second kappa shape index (κ2) is 3.84. The molecule has 4 aliphatic rings. The van der Waals surface area contributed by atoms with Crippen LogP contribution in [0.3, 0.4) is 0 Å². The van der Waals surface area contributed by atoms with E-state index in [2.05, 4.69) is 5.10 Å². The van der Waals surface area contributed by atoms with Gasteiger partial charge in [-0.2, -0.15) is 5.10 Å². The van der Waals surface area contributed by atoms with Gasteiger partial charge in [-0.25, -0.2) is 0 Å². The summed E-state index contributed by atoms with van der Waals surface area (Å²) in [6, 6.07) is 0. The Kier molecular flexibility index (Phi) is 2.34. The molecule has 0 radical (unpaired) electrons. The minimum atomic E-state index is -0.706. The molecule has 7 nitrogen and oxygen atoms in total. The number of aliphatic carboxylic acids is 1. The second-order valence-electron chi connectivity index (χ2n) is 7.17. The molecule has 0 saturated heterocycles. The summed E-state index contributed by atoms with van der Waals surface area (Å²) in [7, 11) is 0. The summed E-state index contributed by atoms with van der Waals surface area (Å²) < 4.78 is 1.69. The third-order valence-corrected chi connectivity index (χ3v) is 5.75. The Morgan fingerprint density at radius 2 is 2.05 bits per heavy atom. The summed E-state index contributed by atoms with van der Waals surface area (Å²) >= 11 is 0. The number of carboxylic acid groups (broad SMARTS) is 1. The van der Waals surface area contributed by atoms with Crippen molar-refractivity contribution < 1.29 is 14.8 Å². The first-order valence-electron chi connectivity index (χ1n) is 7.35. The number of carboxylic acids is 1. The molecule has 1 N–H and O–H groups in total. The molecule has 4 bridgehead atoms. The number of nitro groups is 1. The van der Waals surface area contributed by atoms with Gasteiger partial charge >= 0.3 is 11.7 Å². The van der Waals surface area contributed by atoms with Crippen LogP contribution in [0.25, 0.3) is 0 Å². The molecule has 0 aliphatic heterocycles. The lowest BCUT2D eigenvalue weighted by Gasteiger charge is -2.60. The zero-order chi connectivity index (χ0) is 14.8. The van der Waals surface area contributed by atoms with Crippen LogP contribution in [-0.4, -0.2) is 25.8 Å². The first kappa shape index (κ1) is 12.8. The van der Waals surface area contributed by atoms with Crippen molar-refractivity contribution in [2.75, 3.05) is 0 Å². The molecule has 2 atom stereocenters. The molecule has 4 saturated carbocycles. The van der Waals surface area contributed by atoms with Crippen molar-refractivity contribution in [3.8, 4) is 0 Å². The van der Waals surface area contributed by atoms with Gasteiger partial charge in [0.1, 0.15) is 12.4 Å². The van der Waals surface area contributed by atoms with Gasteiger partial charge < -0.3 is 5.11 Å². The number of nitrogens with zero attached hydrogens (tertiary/aromatic N) is 3. The minimum absolute atomic E-state index is 0.0184. The zero-order valence-electron chi connectivity index (χ0n) is 11.6. The molecule has 1 heterocycles. The fourth-order valence-corrected chi connectivity index (χ4v) is 5.40. The smallest absolute Gasteiger partial charge is 0.309 e. The number of hydrogen-bond donors (Lipinski definition) is 1. The van der Waals surface area contributed by atoms with E-state index in [9.17, 15) is 20.0 Å². The van der Waals surface area contributed by atoms with E-state index in [1.165, 1.54) is 12.4 Å². The third kappa shape index (κ3) is 1.66. The molecule has 1 aromatic rings. The Morgan fingerprint density at radius 1 is 1.38 bits per heavy atom.